The smallest absolute Gasteiger partial charge is 0.245 e. The molecule has 2 atom stereocenters. The first-order valence-electron chi connectivity index (χ1n) is 7.21. The number of hydrogen-bond donors (Lipinski definition) is 1. The Labute approximate surface area is 136 Å². The van der Waals surface area contributed by atoms with E-state index < -0.39 is 10.0 Å². The lowest BCUT2D eigenvalue weighted by molar-refractivity contribution is 0.448. The van der Waals surface area contributed by atoms with E-state index in [-0.39, 0.29) is 12.4 Å². The van der Waals surface area contributed by atoms with Crippen LogP contribution >= 0.6 is 12.4 Å². The van der Waals surface area contributed by atoms with Gasteiger partial charge in [-0.25, -0.2) is 8.42 Å². The van der Waals surface area contributed by atoms with Crippen molar-refractivity contribution in [3.63, 3.8) is 0 Å². The van der Waals surface area contributed by atoms with Gasteiger partial charge >= 0.3 is 0 Å². The molecule has 0 saturated carbocycles. The fourth-order valence-electron chi connectivity index (χ4n) is 3.43. The Morgan fingerprint density at radius 3 is 2.50 bits per heavy atom. The van der Waals surface area contributed by atoms with E-state index in [9.17, 15) is 8.42 Å². The summed E-state index contributed by atoms with van der Waals surface area (Å²) in [5.41, 5.74) is 0.565. The van der Waals surface area contributed by atoms with E-state index in [4.69, 9.17) is 0 Å². The van der Waals surface area contributed by atoms with Crippen LogP contribution in [-0.4, -0.2) is 43.9 Å². The summed E-state index contributed by atoms with van der Waals surface area (Å²) in [6.45, 7) is 3.07. The third kappa shape index (κ3) is 2.40. The Morgan fingerprint density at radius 2 is 1.77 bits per heavy atom. The van der Waals surface area contributed by atoms with Crippen molar-refractivity contribution in [2.24, 2.45) is 11.8 Å². The summed E-state index contributed by atoms with van der Waals surface area (Å²) >= 11 is 0. The fourth-order valence-corrected chi connectivity index (χ4v) is 5.15. The molecule has 5 nitrogen and oxygen atoms in total. The molecule has 0 amide bonds. The lowest BCUT2D eigenvalue weighted by Crippen LogP contribution is -2.32. The van der Waals surface area contributed by atoms with Gasteiger partial charge < -0.3 is 5.32 Å². The molecule has 2 aliphatic rings. The van der Waals surface area contributed by atoms with Gasteiger partial charge in [0.2, 0.25) is 10.0 Å². The summed E-state index contributed by atoms with van der Waals surface area (Å²) in [6.07, 6.45) is 1.64. The van der Waals surface area contributed by atoms with Crippen LogP contribution < -0.4 is 5.32 Å². The molecule has 4 rings (SSSR count). The number of aromatic nitrogens is 1. The third-order valence-corrected chi connectivity index (χ3v) is 6.43. The van der Waals surface area contributed by atoms with Gasteiger partial charge in [0.05, 0.1) is 5.52 Å². The second-order valence-electron chi connectivity index (χ2n) is 5.83. The summed E-state index contributed by atoms with van der Waals surface area (Å²) in [5, 5.41) is 4.19. The molecule has 3 heterocycles. The number of sulfonamides is 1. The highest BCUT2D eigenvalue weighted by molar-refractivity contribution is 7.89. The van der Waals surface area contributed by atoms with E-state index in [1.54, 1.807) is 22.6 Å². The van der Waals surface area contributed by atoms with Crippen LogP contribution in [0.25, 0.3) is 10.9 Å². The van der Waals surface area contributed by atoms with Gasteiger partial charge in [0.15, 0.2) is 0 Å². The van der Waals surface area contributed by atoms with Crippen molar-refractivity contribution in [3.8, 4) is 0 Å². The molecule has 2 saturated heterocycles. The first-order chi connectivity index (χ1) is 10.2. The van der Waals surface area contributed by atoms with Crippen LogP contribution in [0, 0.1) is 11.8 Å². The standard InChI is InChI=1S/C15H17N3O2S.ClH/c19-21(20,18-9-12-7-16-8-13(12)10-18)14-5-1-3-11-4-2-6-17-15(11)14;/h1-6,12-13,16H,7-10H2;1H/t12-,13+;. The van der Waals surface area contributed by atoms with Gasteiger partial charge in [-0.1, -0.05) is 18.2 Å². The predicted octanol–water partition coefficient (Wildman–Crippen LogP) is 1.50. The maximum absolute atomic E-state index is 12.9. The number of nitrogens with zero attached hydrogens (tertiary/aromatic N) is 2. The van der Waals surface area contributed by atoms with Gasteiger partial charge in [0, 0.05) is 24.7 Å². The molecule has 0 aliphatic carbocycles. The normalized spacial score (nSPS) is 25.1. The maximum atomic E-state index is 12.9. The van der Waals surface area contributed by atoms with Crippen molar-refractivity contribution in [1.29, 1.82) is 0 Å². The van der Waals surface area contributed by atoms with Crippen molar-refractivity contribution in [2.75, 3.05) is 26.2 Å². The highest BCUT2D eigenvalue weighted by atomic mass is 35.5. The molecule has 0 spiro atoms. The Kier molecular flexibility index (Phi) is 4.11. The zero-order valence-corrected chi connectivity index (χ0v) is 13.6. The van der Waals surface area contributed by atoms with Crippen LogP contribution in [0.1, 0.15) is 0 Å². The van der Waals surface area contributed by atoms with E-state index in [0.29, 0.717) is 35.3 Å². The Balaban J connectivity index is 0.00000144. The van der Waals surface area contributed by atoms with Crippen LogP contribution in [0.15, 0.2) is 41.4 Å². The van der Waals surface area contributed by atoms with Crippen LogP contribution in [0.4, 0.5) is 0 Å². The quantitative estimate of drug-likeness (QED) is 0.900. The van der Waals surface area contributed by atoms with E-state index in [2.05, 4.69) is 10.3 Å². The van der Waals surface area contributed by atoms with Crippen LogP contribution in [-0.2, 0) is 10.0 Å². The molecular weight excluding hydrogens is 322 g/mol. The van der Waals surface area contributed by atoms with E-state index in [0.717, 1.165) is 18.5 Å². The third-order valence-electron chi connectivity index (χ3n) is 4.57. The fraction of sp³-hybridized carbons (Fsp3) is 0.400. The number of nitrogens with one attached hydrogen (secondary N) is 1. The van der Waals surface area contributed by atoms with Crippen molar-refractivity contribution < 1.29 is 8.42 Å². The van der Waals surface area contributed by atoms with Crippen molar-refractivity contribution in [2.45, 2.75) is 4.90 Å². The lowest BCUT2D eigenvalue weighted by atomic mass is 10.0. The molecule has 0 bridgehead atoms. The van der Waals surface area contributed by atoms with Gasteiger partial charge in [-0.2, -0.15) is 4.31 Å². The molecule has 2 fully saturated rings. The second kappa shape index (κ2) is 5.77. The minimum atomic E-state index is -3.46. The molecule has 22 heavy (non-hydrogen) atoms. The Bertz CT molecular complexity index is 779. The van der Waals surface area contributed by atoms with E-state index in [1.165, 1.54) is 0 Å². The first-order valence-corrected chi connectivity index (χ1v) is 8.65. The molecule has 2 aliphatic heterocycles. The Morgan fingerprint density at radius 1 is 1.09 bits per heavy atom. The number of pyridine rings is 1. The van der Waals surface area contributed by atoms with Crippen LogP contribution in [0.3, 0.4) is 0 Å². The summed E-state index contributed by atoms with van der Waals surface area (Å²) in [4.78, 5) is 4.60. The molecular formula is C15H18ClN3O2S. The van der Waals surface area contributed by atoms with Crippen LogP contribution in [0.5, 0.6) is 0 Å². The van der Waals surface area contributed by atoms with Gasteiger partial charge in [-0.05, 0) is 37.1 Å². The average molecular weight is 340 g/mol. The predicted molar refractivity (Wildman–Crippen MR) is 87.6 cm³/mol. The summed E-state index contributed by atoms with van der Waals surface area (Å²) < 4.78 is 27.5. The molecule has 0 unspecified atom stereocenters. The van der Waals surface area contributed by atoms with Gasteiger partial charge in [-0.3, -0.25) is 4.98 Å². The van der Waals surface area contributed by atoms with Gasteiger partial charge in [0.1, 0.15) is 4.90 Å². The molecule has 118 valence electrons. The minimum Gasteiger partial charge on any atom is -0.316 e. The number of hydrogen-bond acceptors (Lipinski definition) is 4. The number of rotatable bonds is 2. The van der Waals surface area contributed by atoms with Crippen molar-refractivity contribution in [1.82, 2.24) is 14.6 Å². The molecule has 1 N–H and O–H groups in total. The van der Waals surface area contributed by atoms with E-state index >= 15 is 0 Å². The highest BCUT2D eigenvalue weighted by Crippen LogP contribution is 2.32. The minimum absolute atomic E-state index is 0. The van der Waals surface area contributed by atoms with E-state index in [1.807, 2.05) is 18.2 Å². The zero-order chi connectivity index (χ0) is 14.4. The van der Waals surface area contributed by atoms with Crippen LogP contribution in [0.2, 0.25) is 0 Å². The summed E-state index contributed by atoms with van der Waals surface area (Å²) in [7, 11) is -3.46. The summed E-state index contributed by atoms with van der Waals surface area (Å²) in [5.74, 6) is 0.894. The summed E-state index contributed by atoms with van der Waals surface area (Å²) in [6, 6.07) is 9.06. The van der Waals surface area contributed by atoms with Gasteiger partial charge in [-0.15, -0.1) is 12.4 Å². The molecule has 7 heteroatoms. The molecule has 0 radical (unpaired) electrons. The highest BCUT2D eigenvalue weighted by Gasteiger charge is 2.41. The lowest BCUT2D eigenvalue weighted by Gasteiger charge is -2.18. The maximum Gasteiger partial charge on any atom is 0.245 e. The topological polar surface area (TPSA) is 62.3 Å². The average Bonchev–Trinajstić information content (AvgIpc) is 3.08. The zero-order valence-electron chi connectivity index (χ0n) is 12.0. The number of benzene rings is 1. The van der Waals surface area contributed by atoms with Crippen molar-refractivity contribution >= 4 is 33.3 Å². The Hall–Kier alpha value is -1.21. The number of fused-ring (bicyclic) bond motifs is 2. The van der Waals surface area contributed by atoms with Crippen molar-refractivity contribution in [3.05, 3.63) is 36.5 Å². The monoisotopic (exact) mass is 339 g/mol. The molecule has 1 aromatic heterocycles. The molecule has 1 aromatic carbocycles. The first kappa shape index (κ1) is 15.7. The SMILES string of the molecule is Cl.O=S(=O)(c1cccc2cccnc12)N1C[C@H]2CNC[C@H]2C1. The number of para-hydroxylation sites is 1. The van der Waals surface area contributed by atoms with Gasteiger partial charge in [0.25, 0.3) is 0 Å². The second-order valence-corrected chi connectivity index (χ2v) is 7.74. The molecule has 2 aromatic rings. The number of halogens is 1. The largest absolute Gasteiger partial charge is 0.316 e.